The van der Waals surface area contributed by atoms with Crippen molar-refractivity contribution in [3.8, 4) is 0 Å². The summed E-state index contributed by atoms with van der Waals surface area (Å²) in [4.78, 5) is 11.8. The monoisotopic (exact) mass is 362 g/mol. The van der Waals surface area contributed by atoms with Gasteiger partial charge in [-0.2, -0.15) is 13.2 Å². The normalized spacial score (nSPS) is 11.2. The fourth-order valence-electron chi connectivity index (χ4n) is 1.79. The standard InChI is InChI=1S/C15H11Cl2F3N2O/c16-11-6-5-9(7-10(11)15(18,19)20)21-8-14(23)22-13-4-2-1-3-12(13)17/h1-7,21H,8H2,(H,22,23). The van der Waals surface area contributed by atoms with Gasteiger partial charge in [-0.05, 0) is 30.3 Å². The second-order valence-corrected chi connectivity index (χ2v) is 5.39. The number of halogens is 5. The third-order valence-electron chi connectivity index (χ3n) is 2.87. The summed E-state index contributed by atoms with van der Waals surface area (Å²) < 4.78 is 38.3. The van der Waals surface area contributed by atoms with E-state index < -0.39 is 22.7 Å². The van der Waals surface area contributed by atoms with E-state index in [2.05, 4.69) is 10.6 Å². The van der Waals surface area contributed by atoms with E-state index in [0.29, 0.717) is 10.7 Å². The highest BCUT2D eigenvalue weighted by Gasteiger charge is 2.33. The van der Waals surface area contributed by atoms with Crippen molar-refractivity contribution >= 4 is 40.5 Å². The summed E-state index contributed by atoms with van der Waals surface area (Å²) in [6.45, 7) is -0.218. The van der Waals surface area contributed by atoms with Crippen LogP contribution in [0.1, 0.15) is 5.56 Å². The number of amides is 1. The van der Waals surface area contributed by atoms with Crippen molar-refractivity contribution in [2.24, 2.45) is 0 Å². The number of hydrogen-bond acceptors (Lipinski definition) is 2. The molecule has 2 rings (SSSR count). The maximum absolute atomic E-state index is 12.8. The molecule has 0 aromatic heterocycles. The van der Waals surface area contributed by atoms with Gasteiger partial charge in [0.2, 0.25) is 5.91 Å². The summed E-state index contributed by atoms with van der Waals surface area (Å²) in [6, 6.07) is 9.97. The molecule has 8 heteroatoms. The van der Waals surface area contributed by atoms with Crippen LogP contribution in [0.25, 0.3) is 0 Å². The van der Waals surface area contributed by atoms with Crippen LogP contribution in [-0.4, -0.2) is 12.5 Å². The van der Waals surface area contributed by atoms with Gasteiger partial charge in [-0.1, -0.05) is 35.3 Å². The molecule has 0 unspecified atom stereocenters. The highest BCUT2D eigenvalue weighted by molar-refractivity contribution is 6.33. The van der Waals surface area contributed by atoms with Crippen LogP contribution in [0, 0.1) is 0 Å². The van der Waals surface area contributed by atoms with Crippen LogP contribution < -0.4 is 10.6 Å². The lowest BCUT2D eigenvalue weighted by atomic mass is 10.2. The van der Waals surface area contributed by atoms with E-state index in [9.17, 15) is 18.0 Å². The number of rotatable bonds is 4. The molecular formula is C15H11Cl2F3N2O. The average Bonchev–Trinajstić information content (AvgIpc) is 2.47. The number of anilines is 2. The maximum atomic E-state index is 12.8. The summed E-state index contributed by atoms with van der Waals surface area (Å²) in [5.74, 6) is -0.443. The highest BCUT2D eigenvalue weighted by Crippen LogP contribution is 2.36. The third kappa shape index (κ3) is 4.77. The predicted molar refractivity (Wildman–Crippen MR) is 85.0 cm³/mol. The summed E-state index contributed by atoms with van der Waals surface area (Å²) in [5, 5.41) is 5.13. The molecule has 0 bridgehead atoms. The number of para-hydroxylation sites is 1. The highest BCUT2D eigenvalue weighted by atomic mass is 35.5. The minimum Gasteiger partial charge on any atom is -0.376 e. The van der Waals surface area contributed by atoms with E-state index >= 15 is 0 Å². The molecule has 0 aliphatic carbocycles. The Hall–Kier alpha value is -1.92. The van der Waals surface area contributed by atoms with Gasteiger partial charge in [0.1, 0.15) is 0 Å². The lowest BCUT2D eigenvalue weighted by Gasteiger charge is -2.12. The van der Waals surface area contributed by atoms with Crippen molar-refractivity contribution in [2.45, 2.75) is 6.18 Å². The van der Waals surface area contributed by atoms with Gasteiger partial charge in [0.25, 0.3) is 0 Å². The number of alkyl halides is 3. The molecule has 23 heavy (non-hydrogen) atoms. The summed E-state index contributed by atoms with van der Waals surface area (Å²) in [5.41, 5.74) is -0.403. The first-order valence-corrected chi connectivity index (χ1v) is 7.18. The van der Waals surface area contributed by atoms with Gasteiger partial charge >= 0.3 is 6.18 Å². The van der Waals surface area contributed by atoms with Crippen molar-refractivity contribution in [1.29, 1.82) is 0 Å². The Balaban J connectivity index is 2.01. The van der Waals surface area contributed by atoms with Gasteiger partial charge in [-0.15, -0.1) is 0 Å². The van der Waals surface area contributed by atoms with Gasteiger partial charge in [0, 0.05) is 5.69 Å². The molecule has 3 nitrogen and oxygen atoms in total. The van der Waals surface area contributed by atoms with E-state index in [0.717, 1.165) is 12.1 Å². The molecule has 0 radical (unpaired) electrons. The topological polar surface area (TPSA) is 41.1 Å². The van der Waals surface area contributed by atoms with Gasteiger partial charge < -0.3 is 10.6 Å². The molecule has 0 aliphatic rings. The van der Waals surface area contributed by atoms with Gasteiger partial charge in [0.05, 0.1) is 27.8 Å². The summed E-state index contributed by atoms with van der Waals surface area (Å²) in [7, 11) is 0. The zero-order valence-electron chi connectivity index (χ0n) is 11.5. The first-order valence-electron chi connectivity index (χ1n) is 6.42. The Kier molecular flexibility index (Phi) is 5.38. The minimum atomic E-state index is -4.56. The molecule has 0 saturated carbocycles. The van der Waals surface area contributed by atoms with Crippen LogP contribution in [0.5, 0.6) is 0 Å². The second kappa shape index (κ2) is 7.10. The van der Waals surface area contributed by atoms with Crippen LogP contribution in [0.4, 0.5) is 24.5 Å². The molecule has 0 spiro atoms. The Labute approximate surface area is 140 Å². The molecule has 1 amide bonds. The molecule has 2 N–H and O–H groups in total. The lowest BCUT2D eigenvalue weighted by molar-refractivity contribution is -0.137. The number of benzene rings is 2. The molecule has 122 valence electrons. The van der Waals surface area contributed by atoms with Gasteiger partial charge in [0.15, 0.2) is 0 Å². The van der Waals surface area contributed by atoms with Gasteiger partial charge in [-0.25, -0.2) is 0 Å². The van der Waals surface area contributed by atoms with Crippen molar-refractivity contribution in [1.82, 2.24) is 0 Å². The van der Waals surface area contributed by atoms with E-state index in [1.54, 1.807) is 24.3 Å². The van der Waals surface area contributed by atoms with Crippen LogP contribution in [0.15, 0.2) is 42.5 Å². The summed E-state index contributed by atoms with van der Waals surface area (Å²) >= 11 is 11.4. The van der Waals surface area contributed by atoms with Crippen molar-refractivity contribution in [3.05, 3.63) is 58.1 Å². The largest absolute Gasteiger partial charge is 0.417 e. The average molecular weight is 363 g/mol. The van der Waals surface area contributed by atoms with Crippen LogP contribution >= 0.6 is 23.2 Å². The van der Waals surface area contributed by atoms with E-state index in [4.69, 9.17) is 23.2 Å². The van der Waals surface area contributed by atoms with Crippen LogP contribution in [-0.2, 0) is 11.0 Å². The first kappa shape index (κ1) is 17.4. The molecular weight excluding hydrogens is 352 g/mol. The smallest absolute Gasteiger partial charge is 0.376 e. The summed E-state index contributed by atoms with van der Waals surface area (Å²) in [6.07, 6.45) is -4.56. The number of hydrogen-bond donors (Lipinski definition) is 2. The van der Waals surface area contributed by atoms with E-state index in [-0.39, 0.29) is 12.2 Å². The molecule has 0 fully saturated rings. The zero-order chi connectivity index (χ0) is 17.0. The fraction of sp³-hybridized carbons (Fsp3) is 0.133. The van der Waals surface area contributed by atoms with Crippen LogP contribution in [0.3, 0.4) is 0 Å². The third-order valence-corrected chi connectivity index (χ3v) is 3.53. The van der Waals surface area contributed by atoms with Crippen LogP contribution in [0.2, 0.25) is 10.0 Å². The van der Waals surface area contributed by atoms with Gasteiger partial charge in [-0.3, -0.25) is 4.79 Å². The Morgan fingerprint density at radius 1 is 1.04 bits per heavy atom. The SMILES string of the molecule is O=C(CNc1ccc(Cl)c(C(F)(F)F)c1)Nc1ccccc1Cl. The van der Waals surface area contributed by atoms with Crippen molar-refractivity contribution < 1.29 is 18.0 Å². The quantitative estimate of drug-likeness (QED) is 0.797. The lowest BCUT2D eigenvalue weighted by Crippen LogP contribution is -2.22. The maximum Gasteiger partial charge on any atom is 0.417 e. The first-order chi connectivity index (χ1) is 10.8. The van der Waals surface area contributed by atoms with E-state index in [1.807, 2.05) is 0 Å². The fourth-order valence-corrected chi connectivity index (χ4v) is 2.20. The molecule has 0 atom stereocenters. The molecule has 2 aromatic carbocycles. The molecule has 2 aromatic rings. The van der Waals surface area contributed by atoms with E-state index in [1.165, 1.54) is 6.07 Å². The predicted octanol–water partition coefficient (Wildman–Crippen LogP) is 5.06. The second-order valence-electron chi connectivity index (χ2n) is 4.57. The number of carbonyl (C=O) groups is 1. The molecule has 0 heterocycles. The molecule has 0 aliphatic heterocycles. The molecule has 0 saturated heterocycles. The van der Waals surface area contributed by atoms with Crippen molar-refractivity contribution in [3.63, 3.8) is 0 Å². The number of nitrogens with one attached hydrogen (secondary N) is 2. The van der Waals surface area contributed by atoms with Crippen molar-refractivity contribution in [2.75, 3.05) is 17.2 Å². The Morgan fingerprint density at radius 2 is 1.74 bits per heavy atom. The Bertz CT molecular complexity index is 720. The Morgan fingerprint density at radius 3 is 2.39 bits per heavy atom. The minimum absolute atomic E-state index is 0.135. The number of carbonyl (C=O) groups excluding carboxylic acids is 1. The zero-order valence-corrected chi connectivity index (χ0v) is 13.1.